The van der Waals surface area contributed by atoms with Gasteiger partial charge in [0.2, 0.25) is 17.7 Å². The summed E-state index contributed by atoms with van der Waals surface area (Å²) in [6, 6.07) is 26.1. The topological polar surface area (TPSA) is 215 Å². The van der Waals surface area contributed by atoms with E-state index in [1.54, 1.807) is 46.5 Å². The number of carbonyl (C=O) groups is 3. The van der Waals surface area contributed by atoms with Crippen LogP contribution in [0.2, 0.25) is 0 Å². The fraction of sp³-hybridized carbons (Fsp3) is 0.370. The number of hydrogen-bond donors (Lipinski definition) is 5. The van der Waals surface area contributed by atoms with E-state index in [-0.39, 0.29) is 62.8 Å². The van der Waals surface area contributed by atoms with Crippen molar-refractivity contribution in [1.29, 1.82) is 0 Å². The minimum Gasteiger partial charge on any atom is -0.508 e. The second-order valence-corrected chi connectivity index (χ2v) is 20.1. The Morgan fingerprint density at radius 2 is 1.58 bits per heavy atom. The van der Waals surface area contributed by atoms with Gasteiger partial charge in [-0.05, 0) is 109 Å². The first-order valence-electron chi connectivity index (χ1n) is 24.0. The van der Waals surface area contributed by atoms with Gasteiger partial charge in [0.1, 0.15) is 48.2 Å². The van der Waals surface area contributed by atoms with E-state index in [1.807, 2.05) is 114 Å². The Labute approximate surface area is 422 Å². The van der Waals surface area contributed by atoms with Gasteiger partial charge in [0.15, 0.2) is 0 Å². The van der Waals surface area contributed by atoms with Crippen LogP contribution in [0.25, 0.3) is 32.6 Å². The molecule has 4 aromatic carbocycles. The van der Waals surface area contributed by atoms with Crippen LogP contribution in [0, 0.1) is 19.3 Å². The number of thiazole rings is 1. The highest BCUT2D eigenvalue weighted by atomic mass is 32.1. The van der Waals surface area contributed by atoms with Crippen LogP contribution in [-0.4, -0.2) is 114 Å². The Morgan fingerprint density at radius 1 is 0.875 bits per heavy atom. The molecule has 1 fully saturated rings. The van der Waals surface area contributed by atoms with Crippen LogP contribution in [0.1, 0.15) is 68.2 Å². The summed E-state index contributed by atoms with van der Waals surface area (Å²) in [6.45, 7) is 12.9. The van der Waals surface area contributed by atoms with Crippen molar-refractivity contribution in [2.45, 2.75) is 91.9 Å². The third kappa shape index (κ3) is 12.3. The number of carbonyl (C=O) groups excluding carboxylic acids is 3. The number of aliphatic hydroxyl groups is 1. The number of β-amino-alcohol motifs (C(OH)–C–C–N with tert-alkyl or cyclic N) is 1. The second kappa shape index (κ2) is 22.5. The third-order valence-electron chi connectivity index (χ3n) is 12.8. The highest BCUT2D eigenvalue weighted by molar-refractivity contribution is 7.13. The Hall–Kier alpha value is -7.12. The molecule has 0 saturated carbocycles. The van der Waals surface area contributed by atoms with Crippen LogP contribution in [-0.2, 0) is 43.6 Å². The number of benzene rings is 4. The number of aromatic hydroxyl groups is 2. The van der Waals surface area contributed by atoms with Crippen LogP contribution in [0.4, 0.5) is 0 Å². The molecule has 3 aromatic heterocycles. The predicted molar refractivity (Wildman–Crippen MR) is 273 cm³/mol. The van der Waals surface area contributed by atoms with Crippen molar-refractivity contribution in [3.8, 4) is 38.9 Å². The largest absolute Gasteiger partial charge is 0.508 e. The van der Waals surface area contributed by atoms with Crippen LogP contribution in [0.5, 0.6) is 17.2 Å². The van der Waals surface area contributed by atoms with E-state index in [4.69, 9.17) is 14.2 Å². The van der Waals surface area contributed by atoms with E-state index in [0.717, 1.165) is 55.0 Å². The number of nitrogens with one attached hydrogen (secondary N) is 2. The van der Waals surface area contributed by atoms with Crippen LogP contribution in [0.15, 0.2) is 103 Å². The maximum Gasteiger partial charge on any atom is 0.246 e. The maximum atomic E-state index is 14.1. The van der Waals surface area contributed by atoms with Crippen LogP contribution >= 0.6 is 11.3 Å². The molecule has 7 aromatic rings. The standard InChI is InChI=1S/C54H62N8O9S/c1-33-45-25-42(64)17-20-46(45)61(49(33)38-13-15-41(63)16-14-38)27-36-7-18-44(19-8-36)71-22-21-60-28-40(58-59-60)30-69-23-24-70-31-48(66)57-51(54(4,5)6)53(68)62-29-43(65)26-47(62)52(67)56-34(2)37-9-11-39(12-10-37)50-35(3)55-32-72-50/h7-20,25,28,32,34,43,47,51,63-65H,21-24,26-27,29-31H2,1-6H3,(H,56,67)(H,57,66)/t34-,43+,47-,51+/m0/s1. The SMILES string of the molecule is Cc1ncsc1-c1ccc([C@H](C)NC(=O)[C@@H]2C[C@@H](O)CN2C(=O)[C@@H](NC(=O)COCCOCc2cn(CCOc3ccc(Cn4c(-c5ccc(O)cc5)c(C)c5cc(O)ccc54)cc3)nn2)C(C)(C)C)cc1. The Bertz CT molecular complexity index is 2980. The molecule has 0 bridgehead atoms. The highest BCUT2D eigenvalue weighted by Crippen LogP contribution is 2.37. The van der Waals surface area contributed by atoms with E-state index in [2.05, 4.69) is 30.5 Å². The number of rotatable bonds is 20. The number of likely N-dealkylation sites (tertiary alicyclic amines) is 1. The summed E-state index contributed by atoms with van der Waals surface area (Å²) in [7, 11) is 0. The first-order chi connectivity index (χ1) is 34.5. The molecule has 0 aliphatic carbocycles. The summed E-state index contributed by atoms with van der Waals surface area (Å²) in [5.74, 6) is -0.229. The number of nitrogens with zero attached hydrogens (tertiary/aromatic N) is 6. The zero-order valence-corrected chi connectivity index (χ0v) is 42.2. The predicted octanol–water partition coefficient (Wildman–Crippen LogP) is 7.08. The third-order valence-corrected chi connectivity index (χ3v) is 13.8. The summed E-state index contributed by atoms with van der Waals surface area (Å²) in [4.78, 5) is 47.6. The lowest BCUT2D eigenvalue weighted by molar-refractivity contribution is -0.144. The van der Waals surface area contributed by atoms with Gasteiger partial charge in [-0.25, -0.2) is 9.67 Å². The summed E-state index contributed by atoms with van der Waals surface area (Å²) < 4.78 is 21.2. The van der Waals surface area contributed by atoms with Crippen molar-refractivity contribution in [2.24, 2.45) is 5.41 Å². The van der Waals surface area contributed by atoms with Crippen molar-refractivity contribution >= 4 is 40.0 Å². The van der Waals surface area contributed by atoms with Crippen LogP contribution in [0.3, 0.4) is 0 Å². The normalized spacial score (nSPS) is 15.7. The molecule has 3 amide bonds. The van der Waals surface area contributed by atoms with Crippen molar-refractivity contribution in [3.63, 3.8) is 0 Å². The Balaban J connectivity index is 0.748. The average molecular weight is 999 g/mol. The van der Waals surface area contributed by atoms with Crippen LogP contribution < -0.4 is 15.4 Å². The molecule has 18 heteroatoms. The minimum atomic E-state index is -0.990. The van der Waals surface area contributed by atoms with Gasteiger partial charge < -0.3 is 49.6 Å². The first-order valence-corrected chi connectivity index (χ1v) is 24.9. The molecule has 0 spiro atoms. The monoisotopic (exact) mass is 998 g/mol. The van der Waals surface area contributed by atoms with Crippen molar-refractivity contribution < 1.29 is 43.9 Å². The molecule has 1 saturated heterocycles. The maximum absolute atomic E-state index is 14.1. The lowest BCUT2D eigenvalue weighted by atomic mass is 9.85. The van der Waals surface area contributed by atoms with E-state index in [9.17, 15) is 29.7 Å². The number of hydrogen-bond acceptors (Lipinski definition) is 13. The first kappa shape index (κ1) is 51.2. The summed E-state index contributed by atoms with van der Waals surface area (Å²) in [6.07, 6.45) is 0.965. The van der Waals surface area contributed by atoms with Gasteiger partial charge in [0.25, 0.3) is 0 Å². The Kier molecular flexibility index (Phi) is 16.0. The molecule has 17 nitrogen and oxygen atoms in total. The number of aromatic nitrogens is 5. The summed E-state index contributed by atoms with van der Waals surface area (Å²) in [5.41, 5.74) is 9.66. The quantitative estimate of drug-likeness (QED) is 0.0485. The number of aryl methyl sites for hydroxylation is 2. The van der Waals surface area contributed by atoms with E-state index in [0.29, 0.717) is 31.1 Å². The van der Waals surface area contributed by atoms with Crippen molar-refractivity contribution in [1.82, 2.24) is 40.1 Å². The summed E-state index contributed by atoms with van der Waals surface area (Å²) in [5, 5.41) is 45.9. The van der Waals surface area contributed by atoms with Crippen molar-refractivity contribution in [2.75, 3.05) is 33.0 Å². The molecule has 72 heavy (non-hydrogen) atoms. The van der Waals surface area contributed by atoms with Gasteiger partial charge >= 0.3 is 0 Å². The lowest BCUT2D eigenvalue weighted by Crippen LogP contribution is -2.58. The number of fused-ring (bicyclic) bond motifs is 1. The molecule has 378 valence electrons. The number of phenolic OH excluding ortho intramolecular Hbond substituents is 2. The average Bonchev–Trinajstić information content (AvgIpc) is 4.16. The smallest absolute Gasteiger partial charge is 0.246 e. The minimum absolute atomic E-state index is 0.0318. The molecular weight excluding hydrogens is 937 g/mol. The molecule has 0 unspecified atom stereocenters. The molecule has 0 radical (unpaired) electrons. The summed E-state index contributed by atoms with van der Waals surface area (Å²) >= 11 is 1.57. The fourth-order valence-corrected chi connectivity index (χ4v) is 9.80. The van der Waals surface area contributed by atoms with Crippen molar-refractivity contribution in [3.05, 3.63) is 131 Å². The Morgan fingerprint density at radius 3 is 2.29 bits per heavy atom. The second-order valence-electron chi connectivity index (χ2n) is 19.3. The molecule has 1 aliphatic heterocycles. The zero-order valence-electron chi connectivity index (χ0n) is 41.4. The van der Waals surface area contributed by atoms with Gasteiger partial charge in [-0.3, -0.25) is 14.4 Å². The number of phenols is 2. The van der Waals surface area contributed by atoms with E-state index >= 15 is 0 Å². The van der Waals surface area contributed by atoms with Gasteiger partial charge in [0, 0.05) is 30.4 Å². The zero-order chi connectivity index (χ0) is 51.1. The number of aliphatic hydroxyl groups excluding tert-OH is 1. The molecule has 5 N–H and O–H groups in total. The molecular formula is C54H62N8O9S. The number of amides is 3. The van der Waals surface area contributed by atoms with Gasteiger partial charge in [-0.1, -0.05) is 62.4 Å². The highest BCUT2D eigenvalue weighted by Gasteiger charge is 2.44. The molecule has 4 heterocycles. The molecule has 8 rings (SSSR count). The van der Waals surface area contributed by atoms with Gasteiger partial charge in [0.05, 0.1) is 66.5 Å². The van der Waals surface area contributed by atoms with Gasteiger partial charge in [-0.2, -0.15) is 0 Å². The van der Waals surface area contributed by atoms with Gasteiger partial charge in [-0.15, -0.1) is 16.4 Å². The number of ether oxygens (including phenoxy) is 3. The lowest BCUT2D eigenvalue weighted by Gasteiger charge is -2.35. The van der Waals surface area contributed by atoms with E-state index in [1.165, 1.54) is 4.90 Å². The fourth-order valence-electron chi connectivity index (χ4n) is 8.99. The molecule has 4 atom stereocenters. The molecule has 1 aliphatic rings. The van der Waals surface area contributed by atoms with E-state index < -0.39 is 35.4 Å².